The van der Waals surface area contributed by atoms with Crippen LogP contribution < -0.4 is 11.1 Å². The van der Waals surface area contributed by atoms with Crippen molar-refractivity contribution < 1.29 is 9.94 Å². The van der Waals surface area contributed by atoms with Gasteiger partial charge in [0.25, 0.3) is 0 Å². The van der Waals surface area contributed by atoms with Crippen LogP contribution in [0, 0.1) is 5.92 Å². The van der Waals surface area contributed by atoms with Crippen molar-refractivity contribution in [1.82, 2.24) is 5.32 Å². The van der Waals surface area contributed by atoms with Crippen LogP contribution in [0.5, 0.6) is 0 Å². The lowest BCUT2D eigenvalue weighted by atomic mass is 9.98. The van der Waals surface area contributed by atoms with Gasteiger partial charge in [0.05, 0.1) is 5.92 Å². The van der Waals surface area contributed by atoms with E-state index in [2.05, 4.69) is 10.5 Å². The molecule has 2 rings (SSSR count). The summed E-state index contributed by atoms with van der Waals surface area (Å²) < 4.78 is 5.59. The Morgan fingerprint density at radius 1 is 1.38 bits per heavy atom. The lowest BCUT2D eigenvalue weighted by molar-refractivity contribution is 0.122. The Morgan fingerprint density at radius 2 is 2.14 bits per heavy atom. The van der Waals surface area contributed by atoms with Crippen LogP contribution in [0.15, 0.2) is 35.5 Å². The standard InChI is InChI=1S/C16H25N3O2/c17-16(19-20)15(14-5-2-1-3-6-14)11-18-9-4-10-21-12-13-7-8-13/h1-3,5-6,13,15,18,20H,4,7-12H2,(H2,17,19). The average Bonchev–Trinajstić information content (AvgIpc) is 3.34. The van der Waals surface area contributed by atoms with Gasteiger partial charge in [0.1, 0.15) is 5.84 Å². The number of benzene rings is 1. The molecule has 0 amide bonds. The average molecular weight is 291 g/mol. The first-order valence-corrected chi connectivity index (χ1v) is 7.62. The van der Waals surface area contributed by atoms with E-state index in [4.69, 9.17) is 15.7 Å². The predicted molar refractivity (Wildman–Crippen MR) is 83.6 cm³/mol. The summed E-state index contributed by atoms with van der Waals surface area (Å²) in [5.74, 6) is 0.947. The second-order valence-corrected chi connectivity index (χ2v) is 5.56. The molecule has 0 bridgehead atoms. The van der Waals surface area contributed by atoms with Gasteiger partial charge in [0.2, 0.25) is 0 Å². The fourth-order valence-corrected chi connectivity index (χ4v) is 2.23. The highest BCUT2D eigenvalue weighted by Gasteiger charge is 2.20. The molecule has 0 aromatic heterocycles. The quantitative estimate of drug-likeness (QED) is 0.202. The van der Waals surface area contributed by atoms with Crippen LogP contribution in [-0.4, -0.2) is 37.3 Å². The molecule has 1 aliphatic rings. The largest absolute Gasteiger partial charge is 0.409 e. The van der Waals surface area contributed by atoms with Crippen LogP contribution in [0.3, 0.4) is 0 Å². The molecule has 0 aliphatic heterocycles. The van der Waals surface area contributed by atoms with E-state index in [0.29, 0.717) is 6.54 Å². The summed E-state index contributed by atoms with van der Waals surface area (Å²) in [4.78, 5) is 0. The van der Waals surface area contributed by atoms with Gasteiger partial charge in [-0.1, -0.05) is 35.5 Å². The van der Waals surface area contributed by atoms with Crippen molar-refractivity contribution in [2.75, 3.05) is 26.3 Å². The van der Waals surface area contributed by atoms with Crippen molar-refractivity contribution >= 4 is 5.84 Å². The number of nitrogens with one attached hydrogen (secondary N) is 1. The molecule has 4 N–H and O–H groups in total. The number of hydrogen-bond donors (Lipinski definition) is 3. The minimum Gasteiger partial charge on any atom is -0.409 e. The SMILES string of the molecule is N/C(=N/O)C(CNCCCOCC1CC1)c1ccccc1. The zero-order valence-electron chi connectivity index (χ0n) is 12.4. The predicted octanol–water partition coefficient (Wildman–Crippen LogP) is 1.92. The smallest absolute Gasteiger partial charge is 0.147 e. The Kier molecular flexibility index (Phi) is 6.50. The third kappa shape index (κ3) is 5.73. The van der Waals surface area contributed by atoms with E-state index < -0.39 is 0 Å². The molecular formula is C16H25N3O2. The number of ether oxygens (including phenoxy) is 1. The van der Waals surface area contributed by atoms with Gasteiger partial charge < -0.3 is 21.0 Å². The molecule has 1 aliphatic carbocycles. The van der Waals surface area contributed by atoms with Crippen molar-refractivity contribution in [3.05, 3.63) is 35.9 Å². The van der Waals surface area contributed by atoms with Gasteiger partial charge in [0, 0.05) is 19.8 Å². The summed E-state index contributed by atoms with van der Waals surface area (Å²) in [6.45, 7) is 3.23. The topological polar surface area (TPSA) is 79.9 Å². The molecule has 5 heteroatoms. The molecule has 0 heterocycles. The van der Waals surface area contributed by atoms with E-state index in [-0.39, 0.29) is 11.8 Å². The van der Waals surface area contributed by atoms with Crippen LogP contribution in [0.4, 0.5) is 0 Å². The van der Waals surface area contributed by atoms with E-state index in [1.165, 1.54) is 12.8 Å². The Balaban J connectivity index is 1.67. The van der Waals surface area contributed by atoms with Gasteiger partial charge in [-0.25, -0.2) is 0 Å². The molecule has 1 unspecified atom stereocenters. The van der Waals surface area contributed by atoms with E-state index in [1.54, 1.807) is 0 Å². The second kappa shape index (κ2) is 8.64. The van der Waals surface area contributed by atoms with E-state index in [9.17, 15) is 0 Å². The van der Waals surface area contributed by atoms with Crippen LogP contribution in [-0.2, 0) is 4.74 Å². The van der Waals surface area contributed by atoms with E-state index in [1.807, 2.05) is 30.3 Å². The Labute approximate surface area is 126 Å². The third-order valence-corrected chi connectivity index (χ3v) is 3.72. The zero-order valence-corrected chi connectivity index (χ0v) is 12.4. The Hall–Kier alpha value is -1.59. The van der Waals surface area contributed by atoms with Crippen molar-refractivity contribution in [2.45, 2.75) is 25.2 Å². The van der Waals surface area contributed by atoms with Crippen LogP contribution in [0.25, 0.3) is 0 Å². The lowest BCUT2D eigenvalue weighted by Crippen LogP contribution is -2.32. The maximum absolute atomic E-state index is 8.91. The van der Waals surface area contributed by atoms with Crippen molar-refractivity contribution in [3.8, 4) is 0 Å². The summed E-state index contributed by atoms with van der Waals surface area (Å²) in [5, 5.41) is 15.4. The third-order valence-electron chi connectivity index (χ3n) is 3.72. The molecule has 1 saturated carbocycles. The number of nitrogens with zero attached hydrogens (tertiary/aromatic N) is 1. The first-order valence-electron chi connectivity index (χ1n) is 7.62. The molecule has 0 radical (unpaired) electrons. The first kappa shape index (κ1) is 15.8. The molecule has 1 aromatic rings. The molecule has 21 heavy (non-hydrogen) atoms. The lowest BCUT2D eigenvalue weighted by Gasteiger charge is -2.16. The van der Waals surface area contributed by atoms with Crippen molar-refractivity contribution in [3.63, 3.8) is 0 Å². The summed E-state index contributed by atoms with van der Waals surface area (Å²) in [6.07, 6.45) is 3.64. The van der Waals surface area contributed by atoms with E-state index in [0.717, 1.165) is 37.7 Å². The van der Waals surface area contributed by atoms with Gasteiger partial charge >= 0.3 is 0 Å². The number of amidine groups is 1. The second-order valence-electron chi connectivity index (χ2n) is 5.56. The fourth-order valence-electron chi connectivity index (χ4n) is 2.23. The highest BCUT2D eigenvalue weighted by atomic mass is 16.5. The van der Waals surface area contributed by atoms with Crippen LogP contribution >= 0.6 is 0 Å². The molecule has 1 atom stereocenters. The molecule has 1 aromatic carbocycles. The minimum atomic E-state index is -0.108. The van der Waals surface area contributed by atoms with Gasteiger partial charge in [-0.05, 0) is 37.3 Å². The molecule has 1 fully saturated rings. The summed E-state index contributed by atoms with van der Waals surface area (Å²) >= 11 is 0. The first-order chi connectivity index (χ1) is 10.3. The Morgan fingerprint density at radius 3 is 2.81 bits per heavy atom. The number of hydrogen-bond acceptors (Lipinski definition) is 4. The zero-order chi connectivity index (χ0) is 14.9. The molecule has 0 saturated heterocycles. The van der Waals surface area contributed by atoms with Crippen molar-refractivity contribution in [2.24, 2.45) is 16.8 Å². The fraction of sp³-hybridized carbons (Fsp3) is 0.562. The van der Waals surface area contributed by atoms with Crippen LogP contribution in [0.2, 0.25) is 0 Å². The molecule has 5 nitrogen and oxygen atoms in total. The van der Waals surface area contributed by atoms with Crippen molar-refractivity contribution in [1.29, 1.82) is 0 Å². The molecule has 116 valence electrons. The number of rotatable bonds is 10. The summed E-state index contributed by atoms with van der Waals surface area (Å²) in [5.41, 5.74) is 6.83. The molecule has 0 spiro atoms. The van der Waals surface area contributed by atoms with E-state index >= 15 is 0 Å². The maximum Gasteiger partial charge on any atom is 0.147 e. The van der Waals surface area contributed by atoms with Gasteiger partial charge in [-0.2, -0.15) is 0 Å². The van der Waals surface area contributed by atoms with Gasteiger partial charge in [0.15, 0.2) is 0 Å². The highest BCUT2D eigenvalue weighted by molar-refractivity contribution is 5.87. The van der Waals surface area contributed by atoms with Gasteiger partial charge in [-0.15, -0.1) is 0 Å². The Bertz CT molecular complexity index is 432. The number of nitrogens with two attached hydrogens (primary N) is 1. The van der Waals surface area contributed by atoms with Gasteiger partial charge in [-0.3, -0.25) is 0 Å². The summed E-state index contributed by atoms with van der Waals surface area (Å²) in [6, 6.07) is 9.85. The normalized spacial score (nSPS) is 16.9. The number of oxime groups is 1. The summed E-state index contributed by atoms with van der Waals surface area (Å²) in [7, 11) is 0. The highest BCUT2D eigenvalue weighted by Crippen LogP contribution is 2.28. The molecular weight excluding hydrogens is 266 g/mol. The van der Waals surface area contributed by atoms with Crippen LogP contribution in [0.1, 0.15) is 30.7 Å². The minimum absolute atomic E-state index is 0.108. The maximum atomic E-state index is 8.91. The monoisotopic (exact) mass is 291 g/mol.